The van der Waals surface area contributed by atoms with Crippen LogP contribution in [0.15, 0.2) is 72.8 Å². The molecule has 158 valence electrons. The maximum absolute atomic E-state index is 5.99. The molecule has 0 unspecified atom stereocenters. The van der Waals surface area contributed by atoms with Crippen molar-refractivity contribution < 1.29 is 9.47 Å². The summed E-state index contributed by atoms with van der Waals surface area (Å²) in [5, 5.41) is 7.19. The highest BCUT2D eigenvalue weighted by molar-refractivity contribution is 7.71. The van der Waals surface area contributed by atoms with Crippen LogP contribution in [0.5, 0.6) is 11.5 Å². The van der Waals surface area contributed by atoms with E-state index < -0.39 is 0 Å². The highest BCUT2D eigenvalue weighted by Crippen LogP contribution is 2.29. The summed E-state index contributed by atoms with van der Waals surface area (Å²) in [5.41, 5.74) is 7.67. The molecule has 0 spiro atoms. The summed E-state index contributed by atoms with van der Waals surface area (Å²) >= 11 is 5.39. The van der Waals surface area contributed by atoms with E-state index in [1.807, 2.05) is 54.6 Å². The van der Waals surface area contributed by atoms with E-state index in [9.17, 15) is 0 Å². The third-order valence-electron chi connectivity index (χ3n) is 4.85. The van der Waals surface area contributed by atoms with Crippen molar-refractivity contribution in [1.82, 2.24) is 14.9 Å². The summed E-state index contributed by atoms with van der Waals surface area (Å²) in [6.45, 7) is 3.10. The van der Waals surface area contributed by atoms with E-state index in [0.29, 0.717) is 29.4 Å². The molecule has 0 fully saturated rings. The largest absolute Gasteiger partial charge is 0.493 e. The molecule has 7 heteroatoms. The number of rotatable bonds is 8. The Balaban J connectivity index is 1.47. The molecule has 0 saturated carbocycles. The standard InChI is InChI=1S/C24H24N4O2S/c1-17-7-6-8-19(13-17)16-30-21-12-11-18(14-22(21)29-2)15-25-28-23(26-27-24(28)31)20-9-4-3-5-10-20/h3-14,25H,15-16H2,1-2H3,(H,27,31). The molecule has 0 atom stereocenters. The van der Waals surface area contributed by atoms with Crippen molar-refractivity contribution in [3.8, 4) is 22.9 Å². The smallest absolute Gasteiger partial charge is 0.214 e. The number of hydrogen-bond donors (Lipinski definition) is 2. The highest BCUT2D eigenvalue weighted by atomic mass is 32.1. The second-order valence-corrected chi connectivity index (χ2v) is 7.54. The zero-order valence-corrected chi connectivity index (χ0v) is 18.3. The van der Waals surface area contributed by atoms with Crippen molar-refractivity contribution in [2.75, 3.05) is 12.5 Å². The molecule has 0 aliphatic carbocycles. The first-order chi connectivity index (χ1) is 15.1. The summed E-state index contributed by atoms with van der Waals surface area (Å²) in [4.78, 5) is 0. The molecule has 4 rings (SSSR count). The quantitative estimate of drug-likeness (QED) is 0.373. The minimum absolute atomic E-state index is 0.486. The molecule has 0 aliphatic rings. The third-order valence-corrected chi connectivity index (χ3v) is 5.12. The molecule has 0 amide bonds. The molecular formula is C24H24N4O2S. The Labute approximate surface area is 186 Å². The Morgan fingerprint density at radius 1 is 0.968 bits per heavy atom. The van der Waals surface area contributed by atoms with E-state index in [2.05, 4.69) is 40.7 Å². The Bertz CT molecular complexity index is 1220. The van der Waals surface area contributed by atoms with Gasteiger partial charge in [-0.2, -0.15) is 5.10 Å². The molecule has 2 N–H and O–H groups in total. The minimum Gasteiger partial charge on any atom is -0.493 e. The van der Waals surface area contributed by atoms with Crippen molar-refractivity contribution in [2.24, 2.45) is 0 Å². The number of H-pyrrole nitrogens is 1. The number of aromatic amines is 1. The van der Waals surface area contributed by atoms with E-state index in [4.69, 9.17) is 21.7 Å². The summed E-state index contributed by atoms with van der Waals surface area (Å²) in [7, 11) is 1.64. The lowest BCUT2D eigenvalue weighted by Gasteiger charge is -2.14. The summed E-state index contributed by atoms with van der Waals surface area (Å²) in [5.74, 6) is 2.12. The van der Waals surface area contributed by atoms with Crippen LogP contribution in [0.4, 0.5) is 0 Å². The van der Waals surface area contributed by atoms with Gasteiger partial charge < -0.3 is 14.9 Å². The summed E-state index contributed by atoms with van der Waals surface area (Å²) in [6, 6.07) is 24.1. The van der Waals surface area contributed by atoms with Crippen LogP contribution >= 0.6 is 12.2 Å². The summed E-state index contributed by atoms with van der Waals surface area (Å²) < 4.78 is 13.8. The molecule has 31 heavy (non-hydrogen) atoms. The number of aromatic nitrogens is 3. The van der Waals surface area contributed by atoms with Crippen LogP contribution in [-0.4, -0.2) is 22.0 Å². The number of ether oxygens (including phenoxy) is 2. The number of methoxy groups -OCH3 is 1. The lowest BCUT2D eigenvalue weighted by Crippen LogP contribution is -2.16. The number of nitrogens with one attached hydrogen (secondary N) is 2. The van der Waals surface area contributed by atoms with Crippen molar-refractivity contribution in [1.29, 1.82) is 0 Å². The predicted octanol–water partition coefficient (Wildman–Crippen LogP) is 5.25. The number of nitrogens with zero attached hydrogens (tertiary/aromatic N) is 2. The molecule has 0 radical (unpaired) electrons. The van der Waals surface area contributed by atoms with Crippen LogP contribution in [0.1, 0.15) is 16.7 Å². The van der Waals surface area contributed by atoms with Gasteiger partial charge in [-0.25, -0.2) is 9.77 Å². The Morgan fingerprint density at radius 3 is 2.58 bits per heavy atom. The van der Waals surface area contributed by atoms with Gasteiger partial charge in [0.15, 0.2) is 17.3 Å². The van der Waals surface area contributed by atoms with E-state index >= 15 is 0 Å². The van der Waals surface area contributed by atoms with Crippen LogP contribution in [0, 0.1) is 11.7 Å². The predicted molar refractivity (Wildman–Crippen MR) is 124 cm³/mol. The van der Waals surface area contributed by atoms with E-state index in [-0.39, 0.29) is 0 Å². The van der Waals surface area contributed by atoms with Crippen molar-refractivity contribution in [2.45, 2.75) is 20.1 Å². The Morgan fingerprint density at radius 2 is 1.81 bits per heavy atom. The van der Waals surface area contributed by atoms with Crippen LogP contribution in [0.3, 0.4) is 0 Å². The molecule has 3 aromatic carbocycles. The molecule has 0 saturated heterocycles. The van der Waals surface area contributed by atoms with Crippen LogP contribution in [0.25, 0.3) is 11.4 Å². The van der Waals surface area contributed by atoms with Crippen LogP contribution in [-0.2, 0) is 13.2 Å². The zero-order chi connectivity index (χ0) is 21.6. The average Bonchev–Trinajstić information content (AvgIpc) is 3.17. The van der Waals surface area contributed by atoms with Crippen molar-refractivity contribution >= 4 is 12.2 Å². The fraction of sp³-hybridized carbons (Fsp3) is 0.167. The lowest BCUT2D eigenvalue weighted by atomic mass is 10.1. The van der Waals surface area contributed by atoms with E-state index in [1.54, 1.807) is 11.8 Å². The van der Waals surface area contributed by atoms with Crippen molar-refractivity contribution in [3.05, 3.63) is 94.3 Å². The first-order valence-electron chi connectivity index (χ1n) is 9.96. The zero-order valence-electron chi connectivity index (χ0n) is 17.5. The van der Waals surface area contributed by atoms with Gasteiger partial charge in [-0.15, -0.1) is 0 Å². The second-order valence-electron chi connectivity index (χ2n) is 7.15. The first-order valence-corrected chi connectivity index (χ1v) is 10.4. The summed E-state index contributed by atoms with van der Waals surface area (Å²) in [6.07, 6.45) is 0. The molecule has 1 heterocycles. The van der Waals surface area contributed by atoms with Gasteiger partial charge in [-0.1, -0.05) is 66.2 Å². The second kappa shape index (κ2) is 9.49. The van der Waals surface area contributed by atoms with Crippen LogP contribution < -0.4 is 14.9 Å². The molecule has 6 nitrogen and oxygen atoms in total. The minimum atomic E-state index is 0.486. The highest BCUT2D eigenvalue weighted by Gasteiger charge is 2.10. The van der Waals surface area contributed by atoms with Gasteiger partial charge in [0.05, 0.1) is 13.7 Å². The topological polar surface area (TPSA) is 64.1 Å². The Kier molecular flexibility index (Phi) is 6.33. The third kappa shape index (κ3) is 4.95. The maximum Gasteiger partial charge on any atom is 0.214 e. The maximum atomic E-state index is 5.99. The van der Waals surface area contributed by atoms with Gasteiger partial charge in [-0.05, 0) is 42.4 Å². The van der Waals surface area contributed by atoms with Gasteiger partial charge in [0.2, 0.25) is 4.77 Å². The average molecular weight is 433 g/mol. The van der Waals surface area contributed by atoms with E-state index in [0.717, 1.165) is 22.5 Å². The van der Waals surface area contributed by atoms with E-state index in [1.165, 1.54) is 5.56 Å². The molecule has 0 aliphatic heterocycles. The number of hydrogen-bond acceptors (Lipinski definition) is 5. The van der Waals surface area contributed by atoms with Crippen molar-refractivity contribution in [3.63, 3.8) is 0 Å². The normalized spacial score (nSPS) is 10.6. The number of benzene rings is 3. The lowest BCUT2D eigenvalue weighted by molar-refractivity contribution is 0.284. The van der Waals surface area contributed by atoms with Crippen LogP contribution in [0.2, 0.25) is 0 Å². The molecule has 0 bridgehead atoms. The molecular weight excluding hydrogens is 408 g/mol. The molecule has 4 aromatic rings. The Hall–Kier alpha value is -3.58. The first kappa shape index (κ1) is 20.7. The van der Waals surface area contributed by atoms with Gasteiger partial charge in [0.1, 0.15) is 6.61 Å². The number of aryl methyl sites for hydroxylation is 1. The van der Waals surface area contributed by atoms with Gasteiger partial charge >= 0.3 is 0 Å². The molecule has 1 aromatic heterocycles. The fourth-order valence-electron chi connectivity index (χ4n) is 3.30. The SMILES string of the molecule is COc1cc(CNn2c(-c3ccccc3)n[nH]c2=S)ccc1OCc1cccc(C)c1. The monoisotopic (exact) mass is 432 g/mol. The fourth-order valence-corrected chi connectivity index (χ4v) is 3.50. The van der Waals surface area contributed by atoms with Gasteiger partial charge in [-0.3, -0.25) is 0 Å². The van der Waals surface area contributed by atoms with Gasteiger partial charge in [0, 0.05) is 5.56 Å². The van der Waals surface area contributed by atoms with Gasteiger partial charge in [0.25, 0.3) is 0 Å².